The number of carboxylic acid groups (broad SMARTS) is 1. The largest absolute Gasteiger partial charge is 0.508 e. The van der Waals surface area contributed by atoms with Crippen molar-refractivity contribution in [3.8, 4) is 17.2 Å². The predicted molar refractivity (Wildman–Crippen MR) is 424 cm³/mol. The maximum atomic E-state index is 15.5. The Morgan fingerprint density at radius 1 is 0.504 bits per heavy atom. The number of nitrogens with one attached hydrogen (secondary N) is 13. The number of benzene rings is 5. The Morgan fingerprint density at radius 3 is 1.58 bits per heavy atom. The molecule has 14 unspecified atom stereocenters. The van der Waals surface area contributed by atoms with E-state index in [0.717, 1.165) is 25.9 Å². The molecule has 3 saturated heterocycles. The number of carbonyl (C=O) groups is 17. The van der Waals surface area contributed by atoms with Gasteiger partial charge in [0, 0.05) is 58.5 Å². The summed E-state index contributed by atoms with van der Waals surface area (Å²) in [4.78, 5) is 249. The maximum absolute atomic E-state index is 15.5. The van der Waals surface area contributed by atoms with Gasteiger partial charge in [0.15, 0.2) is 0 Å². The van der Waals surface area contributed by atoms with Crippen LogP contribution in [-0.2, 0) is 123 Å². The number of methoxy groups -OCH3 is 1. The monoisotopic (exact) mass is 1680 g/mol. The van der Waals surface area contributed by atoms with Crippen LogP contribution in [0.5, 0.6) is 17.2 Å². The first-order valence-electron chi connectivity index (χ1n) is 39.1. The Morgan fingerprint density at radius 2 is 1.00 bits per heavy atom. The number of nitrogens with zero attached hydrogens (tertiary/aromatic N) is 1. The Hall–Kier alpha value is -13.6. The maximum Gasteiger partial charge on any atom is 0.326 e. The number of ether oxygens (including phenoxy) is 2. The number of aliphatic carboxylic acids is 1. The number of carbonyl (C=O) groups excluding carboxylic acids is 16. The van der Waals surface area contributed by atoms with E-state index in [4.69, 9.17) is 9.47 Å². The Labute approximate surface area is 693 Å². The van der Waals surface area contributed by atoms with Crippen molar-refractivity contribution >= 4 is 101 Å². The van der Waals surface area contributed by atoms with Gasteiger partial charge in [-0.25, -0.2) is 4.79 Å². The van der Waals surface area contributed by atoms with E-state index in [0.29, 0.717) is 16.7 Å². The highest BCUT2D eigenvalue weighted by Gasteiger charge is 2.43. The number of hydrogen-bond acceptors (Lipinski definition) is 24. The van der Waals surface area contributed by atoms with Gasteiger partial charge >= 0.3 is 17.9 Å². The number of aliphatic hydroxyl groups is 2. The number of fused-ring (bicyclic) bond motifs is 12. The molecule has 3 aliphatic rings. The van der Waals surface area contributed by atoms with Crippen molar-refractivity contribution in [2.45, 2.75) is 188 Å². The molecular weight excluding hydrogens is 1580 g/mol. The molecule has 3 heterocycles. The number of rotatable bonds is 23. The normalized spacial score (nSPS) is 23.1. The molecule has 2 bridgehead atoms. The fourth-order valence-electron chi connectivity index (χ4n) is 13.6. The third kappa shape index (κ3) is 28.6. The topological polar surface area (TPSA) is 590 Å². The molecule has 0 spiro atoms. The molecule has 5 aromatic carbocycles. The van der Waals surface area contributed by atoms with Gasteiger partial charge in [-0.1, -0.05) is 97.1 Å². The molecule has 0 saturated carbocycles. The Balaban J connectivity index is 1.29. The SMILES string of the molecule is COC(=O)CCC1NC(=O)C(Cc2ccccc2)NC(=O)C2CC(=O)OC(C)C(NC(=O)C(CO)NC(=O)C(Cc3ccccc3)NC(C)=O)C(=O)NC(Cc3ccc(O)cc3)C(=O)NC(CCCCNC(=O)CC(C(=O)NC(Cc3ccc(O)cc3)C(=O)O)NC1=O)C(=O)NC(Cc1ccc(O)cc1)C(=O)N1CCCC1C(=O)NC(CO)C(=O)N2. The van der Waals surface area contributed by atoms with Gasteiger partial charge in [0.2, 0.25) is 82.7 Å². The Kier molecular flexibility index (Phi) is 34.8. The van der Waals surface area contributed by atoms with Crippen LogP contribution >= 0.6 is 0 Å². The number of phenols is 3. The van der Waals surface area contributed by atoms with Crippen LogP contribution < -0.4 is 69.1 Å². The quantitative estimate of drug-likeness (QED) is 0.0279. The van der Waals surface area contributed by atoms with Gasteiger partial charge in [-0.05, 0) is 110 Å². The number of carboxylic acids is 1. The summed E-state index contributed by atoms with van der Waals surface area (Å²) in [5.41, 5.74) is 1.66. The van der Waals surface area contributed by atoms with Crippen molar-refractivity contribution in [3.05, 3.63) is 161 Å². The lowest BCUT2D eigenvalue weighted by molar-refractivity contribution is -0.154. The van der Waals surface area contributed by atoms with E-state index >= 15 is 28.8 Å². The third-order valence-electron chi connectivity index (χ3n) is 20.1. The minimum absolute atomic E-state index is 0.0859. The average Bonchev–Trinajstić information content (AvgIpc) is 1.76. The second-order valence-corrected chi connectivity index (χ2v) is 29.3. The molecule has 14 amide bonds. The fraction of sp³-hybridized carbons (Fsp3) is 0.427. The first-order chi connectivity index (χ1) is 57.8. The van der Waals surface area contributed by atoms with Gasteiger partial charge in [-0.2, -0.15) is 0 Å². The number of phenolic OH excluding ortho intramolecular Hbond substituents is 3. The molecule has 14 atom stereocenters. The summed E-state index contributed by atoms with van der Waals surface area (Å²) < 4.78 is 10.7. The van der Waals surface area contributed by atoms with E-state index in [2.05, 4.69) is 69.1 Å². The minimum atomic E-state index is -2.33. The molecule has 5 aromatic rings. The van der Waals surface area contributed by atoms with Crippen LogP contribution in [0.2, 0.25) is 0 Å². The summed E-state index contributed by atoms with van der Waals surface area (Å²) in [6.07, 6.45) is -8.26. The van der Waals surface area contributed by atoms with E-state index in [-0.39, 0.29) is 80.0 Å². The predicted octanol–water partition coefficient (Wildman–Crippen LogP) is -3.81. The highest BCUT2D eigenvalue weighted by Crippen LogP contribution is 2.23. The summed E-state index contributed by atoms with van der Waals surface area (Å²) in [5.74, 6) is -21.2. The highest BCUT2D eigenvalue weighted by molar-refractivity contribution is 6.02. The molecular formula is C82H100N14O25. The summed E-state index contributed by atoms with van der Waals surface area (Å²) in [5, 5.41) is 94.7. The minimum Gasteiger partial charge on any atom is -0.508 e. The van der Waals surface area contributed by atoms with Crippen LogP contribution in [0.3, 0.4) is 0 Å². The fourth-order valence-corrected chi connectivity index (χ4v) is 13.6. The lowest BCUT2D eigenvalue weighted by atomic mass is 10.0. The summed E-state index contributed by atoms with van der Waals surface area (Å²) >= 11 is 0. The van der Waals surface area contributed by atoms with Crippen molar-refractivity contribution in [3.63, 3.8) is 0 Å². The molecule has 0 aromatic heterocycles. The van der Waals surface area contributed by atoms with Crippen LogP contribution in [0.1, 0.15) is 99.5 Å². The zero-order chi connectivity index (χ0) is 88.0. The lowest BCUT2D eigenvalue weighted by Crippen LogP contribution is -2.63. The number of hydrogen-bond donors (Lipinski definition) is 19. The second-order valence-electron chi connectivity index (χ2n) is 29.3. The van der Waals surface area contributed by atoms with Crippen molar-refractivity contribution in [2.24, 2.45) is 0 Å². The van der Waals surface area contributed by atoms with Gasteiger partial charge < -0.3 is 114 Å². The van der Waals surface area contributed by atoms with E-state index < -0.39 is 250 Å². The smallest absolute Gasteiger partial charge is 0.326 e. The van der Waals surface area contributed by atoms with Crippen LogP contribution in [0.15, 0.2) is 133 Å². The van der Waals surface area contributed by atoms with Gasteiger partial charge in [0.25, 0.3) is 0 Å². The molecule has 0 aliphatic carbocycles. The molecule has 3 aliphatic heterocycles. The molecule has 39 nitrogen and oxygen atoms in total. The van der Waals surface area contributed by atoms with Crippen molar-refractivity contribution in [1.29, 1.82) is 0 Å². The molecule has 0 radical (unpaired) electrons. The first-order valence-corrected chi connectivity index (χ1v) is 39.1. The molecule has 648 valence electrons. The van der Waals surface area contributed by atoms with Crippen molar-refractivity contribution < 1.29 is 122 Å². The average molecular weight is 1680 g/mol. The van der Waals surface area contributed by atoms with E-state index in [1.807, 2.05) is 0 Å². The second kappa shape index (κ2) is 45.4. The standard InChI is InChI=1S/C82H100N14O25/c1-44-69(95-78(114)64(43-98)93-72(108)56(84-45(2)99)35-46-13-6-4-7-14-46)80(116)90-58(37-48-19-25-51(100)26-20-48)74(110)85-54-17-10-11-33-83-66(103)40-59(75(111)92-62(82(118)119)39-50-23-29-53(102)30-24-50)88-71(107)55(31-32-67(104)120-3)86-73(109)57(36-47-15-8-5-9-16-47)87-76(112)60(41-68(105)121-44)89-77(113)63(42-97)94-79(115)65-18-12-34-96(65)81(117)61(91-70(54)106)38-49-21-27-52(101)28-22-49/h4-9,13-16,19-30,44,54-65,69,97-98,100-102H,10-12,17-18,31-43H2,1-3H3,(H,83,103)(H,84,99)(H,85,110)(H,86,109)(H,87,112)(H,88,107)(H,89,113)(H,90,116)(H,91,106)(H,92,111)(H,93,108)(H,94,115)(H,95,114)(H,118,119). The van der Waals surface area contributed by atoms with E-state index in [9.17, 15) is 83.4 Å². The highest BCUT2D eigenvalue weighted by atomic mass is 16.5. The zero-order valence-corrected chi connectivity index (χ0v) is 66.4. The van der Waals surface area contributed by atoms with Crippen LogP contribution in [0.25, 0.3) is 0 Å². The van der Waals surface area contributed by atoms with Gasteiger partial charge in [0.05, 0.1) is 33.2 Å². The first kappa shape index (κ1) is 92.9. The van der Waals surface area contributed by atoms with Gasteiger partial charge in [0.1, 0.15) is 102 Å². The van der Waals surface area contributed by atoms with E-state index in [1.54, 1.807) is 36.4 Å². The molecule has 3 fully saturated rings. The van der Waals surface area contributed by atoms with E-state index in [1.165, 1.54) is 97.1 Å². The van der Waals surface area contributed by atoms with Gasteiger partial charge in [-0.15, -0.1) is 0 Å². The van der Waals surface area contributed by atoms with Gasteiger partial charge in [-0.3, -0.25) is 76.7 Å². The summed E-state index contributed by atoms with van der Waals surface area (Å²) in [6, 6.07) is 7.24. The molecule has 19 N–H and O–H groups in total. The van der Waals surface area contributed by atoms with Crippen LogP contribution in [0.4, 0.5) is 0 Å². The molecule has 8 rings (SSSR count). The van der Waals surface area contributed by atoms with Crippen LogP contribution in [-0.4, -0.2) is 254 Å². The van der Waals surface area contributed by atoms with Crippen molar-refractivity contribution in [1.82, 2.24) is 74.0 Å². The third-order valence-corrected chi connectivity index (χ3v) is 20.1. The number of aliphatic hydroxyl groups excluding tert-OH is 2. The number of amides is 14. The summed E-state index contributed by atoms with van der Waals surface area (Å²) in [6.45, 7) is -0.810. The zero-order valence-electron chi connectivity index (χ0n) is 66.4. The molecule has 39 heteroatoms. The number of esters is 2. The van der Waals surface area contributed by atoms with Crippen LogP contribution in [0, 0.1) is 0 Å². The molecule has 121 heavy (non-hydrogen) atoms. The van der Waals surface area contributed by atoms with Crippen molar-refractivity contribution in [2.75, 3.05) is 33.4 Å². The summed E-state index contributed by atoms with van der Waals surface area (Å²) in [7, 11) is 1.01. The number of aromatic hydroxyl groups is 3. The lowest BCUT2D eigenvalue weighted by Gasteiger charge is -2.31. The Bertz CT molecular complexity index is 4530.